The summed E-state index contributed by atoms with van der Waals surface area (Å²) in [4.78, 5) is 34.6. The molecule has 2 fully saturated rings. The molecule has 7 heteroatoms. The molecule has 0 saturated heterocycles. The van der Waals surface area contributed by atoms with Crippen LogP contribution in [-0.4, -0.2) is 47.5 Å². The predicted octanol–water partition coefficient (Wildman–Crippen LogP) is 3.62. The minimum Gasteiger partial charge on any atom is -0.481 e. The Morgan fingerprint density at radius 2 is 1.80 bits per heavy atom. The van der Waals surface area contributed by atoms with Gasteiger partial charge in [0.25, 0.3) is 0 Å². The van der Waals surface area contributed by atoms with Crippen molar-refractivity contribution in [1.82, 2.24) is 10.6 Å². The number of nitrogens with one attached hydrogen (secondary N) is 2. The third-order valence-corrected chi connectivity index (χ3v) is 7.51. The molecule has 170 valence electrons. The highest BCUT2D eigenvalue weighted by atomic mass is 32.2. The van der Waals surface area contributed by atoms with Crippen molar-refractivity contribution in [2.45, 2.75) is 64.7 Å². The van der Waals surface area contributed by atoms with Crippen LogP contribution in [0.15, 0.2) is 12.2 Å². The van der Waals surface area contributed by atoms with Crippen molar-refractivity contribution in [1.29, 1.82) is 0 Å². The molecule has 0 radical (unpaired) electrons. The predicted molar refractivity (Wildman–Crippen MR) is 121 cm³/mol. The number of allylic oxidation sites excluding steroid dienone is 2. The fraction of sp³-hybridized carbons (Fsp3) is 0.783. The SMILES string of the molecule is CCCCSCC(=O)NCC(=O)NC[C@H]1[C@H]2CC[C@H](C2)[C@H]1C/C=C\CCCC(=O)O. The van der Waals surface area contributed by atoms with Crippen molar-refractivity contribution >= 4 is 29.5 Å². The van der Waals surface area contributed by atoms with Gasteiger partial charge in [-0.2, -0.15) is 11.8 Å². The van der Waals surface area contributed by atoms with Crippen LogP contribution in [0.1, 0.15) is 64.7 Å². The molecule has 0 aromatic rings. The molecule has 0 aliphatic heterocycles. The van der Waals surface area contributed by atoms with E-state index in [-0.39, 0.29) is 24.8 Å². The molecular formula is C23H38N2O4S. The van der Waals surface area contributed by atoms with Gasteiger partial charge in [-0.3, -0.25) is 14.4 Å². The first-order valence-corrected chi connectivity index (χ1v) is 12.6. The van der Waals surface area contributed by atoms with Gasteiger partial charge in [0.05, 0.1) is 12.3 Å². The number of fused-ring (bicyclic) bond motifs is 2. The number of amides is 2. The van der Waals surface area contributed by atoms with Crippen LogP contribution >= 0.6 is 11.8 Å². The Hall–Kier alpha value is -1.50. The Morgan fingerprint density at radius 1 is 1.03 bits per heavy atom. The van der Waals surface area contributed by atoms with E-state index in [2.05, 4.69) is 29.7 Å². The second-order valence-corrected chi connectivity index (χ2v) is 9.75. The molecule has 6 nitrogen and oxygen atoms in total. The number of hydrogen-bond donors (Lipinski definition) is 3. The lowest BCUT2D eigenvalue weighted by atomic mass is 9.77. The first-order chi connectivity index (χ1) is 14.5. The normalized spacial score (nSPS) is 25.0. The number of carbonyl (C=O) groups is 3. The summed E-state index contributed by atoms with van der Waals surface area (Å²) in [6, 6.07) is 0. The molecular weight excluding hydrogens is 400 g/mol. The Morgan fingerprint density at radius 3 is 2.53 bits per heavy atom. The average molecular weight is 439 g/mol. The van der Waals surface area contributed by atoms with Crippen LogP contribution in [0.5, 0.6) is 0 Å². The van der Waals surface area contributed by atoms with E-state index < -0.39 is 5.97 Å². The zero-order valence-electron chi connectivity index (χ0n) is 18.2. The van der Waals surface area contributed by atoms with Gasteiger partial charge in [-0.15, -0.1) is 0 Å². The third kappa shape index (κ3) is 8.70. The maximum absolute atomic E-state index is 12.2. The molecule has 0 aromatic carbocycles. The van der Waals surface area contributed by atoms with Crippen LogP contribution in [-0.2, 0) is 14.4 Å². The van der Waals surface area contributed by atoms with Gasteiger partial charge in [-0.05, 0) is 74.4 Å². The van der Waals surface area contributed by atoms with Gasteiger partial charge in [-0.1, -0.05) is 25.5 Å². The molecule has 3 N–H and O–H groups in total. The third-order valence-electron chi connectivity index (χ3n) is 6.47. The molecule has 2 amide bonds. The molecule has 2 saturated carbocycles. The lowest BCUT2D eigenvalue weighted by Gasteiger charge is -2.30. The van der Waals surface area contributed by atoms with Crippen molar-refractivity contribution in [3.63, 3.8) is 0 Å². The highest BCUT2D eigenvalue weighted by molar-refractivity contribution is 7.99. The molecule has 30 heavy (non-hydrogen) atoms. The summed E-state index contributed by atoms with van der Waals surface area (Å²) >= 11 is 1.61. The van der Waals surface area contributed by atoms with Gasteiger partial charge in [0.15, 0.2) is 0 Å². The largest absolute Gasteiger partial charge is 0.481 e. The molecule has 2 rings (SSSR count). The number of thioether (sulfide) groups is 1. The average Bonchev–Trinajstić information content (AvgIpc) is 3.32. The van der Waals surface area contributed by atoms with Crippen LogP contribution in [0.25, 0.3) is 0 Å². The molecule has 0 aromatic heterocycles. The van der Waals surface area contributed by atoms with E-state index in [9.17, 15) is 14.4 Å². The molecule has 2 bridgehead atoms. The van der Waals surface area contributed by atoms with Crippen molar-refractivity contribution in [3.05, 3.63) is 12.2 Å². The summed E-state index contributed by atoms with van der Waals surface area (Å²) in [6.07, 6.45) is 13.1. The summed E-state index contributed by atoms with van der Waals surface area (Å²) in [7, 11) is 0. The Kier molecular flexibility index (Phi) is 11.3. The lowest BCUT2D eigenvalue weighted by Crippen LogP contribution is -2.41. The smallest absolute Gasteiger partial charge is 0.303 e. The van der Waals surface area contributed by atoms with Gasteiger partial charge < -0.3 is 15.7 Å². The van der Waals surface area contributed by atoms with E-state index in [1.54, 1.807) is 11.8 Å². The standard InChI is InChI=1S/C23H38N2O4S/c1-2-3-12-30-16-22(27)25-15-21(26)24-14-20-18-11-10-17(13-18)19(20)8-6-4-5-7-9-23(28)29/h4,6,17-20H,2-3,5,7-16H2,1H3,(H,24,26)(H,25,27)(H,28,29)/b6-4-/t17-,18+,19-,20+/m1/s1. The van der Waals surface area contributed by atoms with E-state index in [1.807, 2.05) is 0 Å². The van der Waals surface area contributed by atoms with E-state index in [1.165, 1.54) is 19.3 Å². The summed E-state index contributed by atoms with van der Waals surface area (Å²) in [5.41, 5.74) is 0. The molecule has 4 atom stereocenters. The lowest BCUT2D eigenvalue weighted by molar-refractivity contribution is -0.137. The second-order valence-electron chi connectivity index (χ2n) is 8.64. The number of unbranched alkanes of at least 4 members (excludes halogenated alkanes) is 2. The topological polar surface area (TPSA) is 95.5 Å². The summed E-state index contributed by atoms with van der Waals surface area (Å²) in [6.45, 7) is 2.88. The van der Waals surface area contributed by atoms with Crippen LogP contribution < -0.4 is 10.6 Å². The molecule has 0 heterocycles. The number of rotatable bonds is 15. The van der Waals surface area contributed by atoms with Crippen molar-refractivity contribution in [2.75, 3.05) is 24.6 Å². The van der Waals surface area contributed by atoms with Crippen molar-refractivity contribution in [2.24, 2.45) is 23.7 Å². The van der Waals surface area contributed by atoms with Crippen molar-refractivity contribution < 1.29 is 19.5 Å². The van der Waals surface area contributed by atoms with Gasteiger partial charge in [0.2, 0.25) is 11.8 Å². The summed E-state index contributed by atoms with van der Waals surface area (Å²) in [5, 5.41) is 14.5. The van der Waals surface area contributed by atoms with Crippen LogP contribution in [0.3, 0.4) is 0 Å². The Balaban J connectivity index is 1.66. The minimum absolute atomic E-state index is 0.0577. The molecule has 0 unspecified atom stereocenters. The Bertz CT molecular complexity index is 596. The highest BCUT2D eigenvalue weighted by Gasteiger charge is 2.46. The van der Waals surface area contributed by atoms with Crippen LogP contribution in [0.4, 0.5) is 0 Å². The zero-order valence-corrected chi connectivity index (χ0v) is 19.1. The van der Waals surface area contributed by atoms with E-state index in [4.69, 9.17) is 5.11 Å². The van der Waals surface area contributed by atoms with Crippen LogP contribution in [0.2, 0.25) is 0 Å². The Labute approximate surface area is 185 Å². The van der Waals surface area contributed by atoms with Crippen LogP contribution in [0, 0.1) is 23.7 Å². The second kappa shape index (κ2) is 13.7. The van der Waals surface area contributed by atoms with Gasteiger partial charge in [0, 0.05) is 13.0 Å². The minimum atomic E-state index is -0.737. The van der Waals surface area contributed by atoms with E-state index in [0.29, 0.717) is 36.5 Å². The monoisotopic (exact) mass is 438 g/mol. The zero-order chi connectivity index (χ0) is 21.8. The molecule has 0 spiro atoms. The first-order valence-electron chi connectivity index (χ1n) is 11.5. The summed E-state index contributed by atoms with van der Waals surface area (Å²) < 4.78 is 0. The number of carbonyl (C=O) groups excluding carboxylic acids is 2. The quantitative estimate of drug-likeness (QED) is 0.268. The number of hydrogen-bond acceptors (Lipinski definition) is 4. The summed E-state index contributed by atoms with van der Waals surface area (Å²) in [5.74, 6) is 3.05. The fourth-order valence-electron chi connectivity index (χ4n) is 4.89. The maximum atomic E-state index is 12.2. The van der Waals surface area contributed by atoms with E-state index >= 15 is 0 Å². The number of aliphatic carboxylic acids is 1. The number of carboxylic acids is 1. The highest BCUT2D eigenvalue weighted by Crippen LogP contribution is 2.53. The molecule has 2 aliphatic rings. The fourth-order valence-corrected chi connectivity index (χ4v) is 5.82. The number of carboxylic acid groups (broad SMARTS) is 1. The maximum Gasteiger partial charge on any atom is 0.303 e. The first kappa shape index (κ1) is 24.8. The van der Waals surface area contributed by atoms with E-state index in [0.717, 1.165) is 37.4 Å². The van der Waals surface area contributed by atoms with Gasteiger partial charge in [0.1, 0.15) is 0 Å². The van der Waals surface area contributed by atoms with Gasteiger partial charge in [-0.25, -0.2) is 0 Å². The van der Waals surface area contributed by atoms with Gasteiger partial charge >= 0.3 is 5.97 Å². The van der Waals surface area contributed by atoms with Crippen molar-refractivity contribution in [3.8, 4) is 0 Å². The molecule has 2 aliphatic carbocycles.